The summed E-state index contributed by atoms with van der Waals surface area (Å²) in [4.78, 5) is 4.34. The van der Waals surface area contributed by atoms with Crippen LogP contribution in [-0.4, -0.2) is 32.5 Å². The van der Waals surface area contributed by atoms with E-state index in [2.05, 4.69) is 13.9 Å². The molecule has 0 bridgehead atoms. The van der Waals surface area contributed by atoms with E-state index in [4.69, 9.17) is 32.7 Å². The molecule has 1 aromatic heterocycles. The maximum absolute atomic E-state index is 11.5. The highest BCUT2D eigenvalue weighted by atomic mass is 35.5. The number of hydrogen-bond donors (Lipinski definition) is 1. The lowest BCUT2D eigenvalue weighted by atomic mass is 10.3. The van der Waals surface area contributed by atoms with Crippen LogP contribution in [0.5, 0.6) is 0 Å². The van der Waals surface area contributed by atoms with Gasteiger partial charge in [0.05, 0.1) is 12.0 Å². The molecule has 0 radical (unpaired) electrons. The first-order valence-electron chi connectivity index (χ1n) is 5.39. The largest absolute Gasteiger partial charge is 0.337 e. The molecular formula is C9H12Cl2N2O5S2. The number of nitrogens with one attached hydrogen (secondary N) is 1. The summed E-state index contributed by atoms with van der Waals surface area (Å²) in [5.74, 6) is -0.995. The van der Waals surface area contributed by atoms with Crippen LogP contribution in [0.15, 0.2) is 0 Å². The van der Waals surface area contributed by atoms with Gasteiger partial charge >= 0.3 is 10.3 Å². The summed E-state index contributed by atoms with van der Waals surface area (Å²) in [6.45, 7) is 3.30. The van der Waals surface area contributed by atoms with Crippen LogP contribution in [0.25, 0.3) is 0 Å². The minimum Gasteiger partial charge on any atom is -0.337 e. The maximum atomic E-state index is 11.5. The van der Waals surface area contributed by atoms with Gasteiger partial charge in [0.25, 0.3) is 0 Å². The van der Waals surface area contributed by atoms with Gasteiger partial charge in [0.15, 0.2) is 16.5 Å². The van der Waals surface area contributed by atoms with Gasteiger partial charge in [0.1, 0.15) is 11.3 Å². The number of thiazole rings is 1. The fourth-order valence-electron chi connectivity index (χ4n) is 1.69. The Kier molecular flexibility index (Phi) is 4.63. The zero-order chi connectivity index (χ0) is 15.1. The van der Waals surface area contributed by atoms with E-state index in [-0.39, 0.29) is 9.62 Å². The Hall–Kier alpha value is -0.000000000000000167. The monoisotopic (exact) mass is 362 g/mol. The molecule has 1 saturated heterocycles. The zero-order valence-corrected chi connectivity index (χ0v) is 13.9. The Morgan fingerprint density at radius 1 is 1.40 bits per heavy atom. The third kappa shape index (κ3) is 3.60. The molecule has 7 nitrogen and oxygen atoms in total. The fraction of sp³-hybridized carbons (Fsp3) is 0.667. The smallest absolute Gasteiger partial charge is 0.337 e. The van der Waals surface area contributed by atoms with Crippen LogP contribution in [0, 0.1) is 0 Å². The molecule has 11 heteroatoms. The summed E-state index contributed by atoms with van der Waals surface area (Å²) in [5, 5.41) is 0.146. The van der Waals surface area contributed by atoms with Crippen LogP contribution in [0.4, 0.5) is 0 Å². The normalized spacial score (nSPS) is 26.1. The molecule has 1 aromatic rings. The number of ether oxygens (including phenoxy) is 2. The zero-order valence-electron chi connectivity index (χ0n) is 10.7. The predicted octanol–water partition coefficient (Wildman–Crippen LogP) is 2.08. The fourth-order valence-corrected chi connectivity index (χ4v) is 3.72. The Labute approximate surface area is 130 Å². The van der Waals surface area contributed by atoms with Crippen molar-refractivity contribution in [3.8, 4) is 0 Å². The van der Waals surface area contributed by atoms with Crippen molar-refractivity contribution in [3.63, 3.8) is 0 Å². The minimum absolute atomic E-state index is 0.146. The Bertz CT molecular complexity index is 603. The van der Waals surface area contributed by atoms with Crippen LogP contribution in [-0.2, 0) is 24.0 Å². The molecule has 1 fully saturated rings. The summed E-state index contributed by atoms with van der Waals surface area (Å²) in [6, 6.07) is 0. The first-order valence-corrected chi connectivity index (χ1v) is 8.37. The second kappa shape index (κ2) is 5.65. The van der Waals surface area contributed by atoms with E-state index in [0.717, 1.165) is 18.4 Å². The molecule has 0 amide bonds. The van der Waals surface area contributed by atoms with E-state index < -0.39 is 28.4 Å². The van der Waals surface area contributed by atoms with Gasteiger partial charge in [-0.25, -0.2) is 4.98 Å². The highest BCUT2D eigenvalue weighted by Gasteiger charge is 2.45. The molecule has 2 heterocycles. The third-order valence-electron chi connectivity index (χ3n) is 2.42. The van der Waals surface area contributed by atoms with Crippen LogP contribution in [0.3, 0.4) is 0 Å². The Morgan fingerprint density at radius 2 is 2.05 bits per heavy atom. The topological polar surface area (TPSA) is 86.8 Å². The molecule has 0 spiro atoms. The first kappa shape index (κ1) is 16.4. The average molecular weight is 363 g/mol. The number of hydrogen-bond acceptors (Lipinski definition) is 7. The summed E-state index contributed by atoms with van der Waals surface area (Å²) in [6.07, 6.45) is -1.77. The van der Waals surface area contributed by atoms with Gasteiger partial charge < -0.3 is 9.47 Å². The SMILES string of the molecule is COS(=O)(=O)NC1OC(C)(C)OC1c1sc(Cl)nc1Cl. The molecule has 0 aliphatic carbocycles. The molecule has 20 heavy (non-hydrogen) atoms. The van der Waals surface area contributed by atoms with Crippen molar-refractivity contribution in [2.45, 2.75) is 32.0 Å². The number of aromatic nitrogens is 1. The highest BCUT2D eigenvalue weighted by Crippen LogP contribution is 2.43. The number of rotatable bonds is 4. The van der Waals surface area contributed by atoms with Crippen molar-refractivity contribution in [1.29, 1.82) is 0 Å². The summed E-state index contributed by atoms with van der Waals surface area (Å²) in [7, 11) is -2.91. The summed E-state index contributed by atoms with van der Waals surface area (Å²) >= 11 is 12.8. The van der Waals surface area contributed by atoms with Crippen molar-refractivity contribution in [3.05, 3.63) is 14.5 Å². The molecule has 1 aliphatic heterocycles. The van der Waals surface area contributed by atoms with Crippen molar-refractivity contribution in [1.82, 2.24) is 9.71 Å². The van der Waals surface area contributed by atoms with E-state index in [9.17, 15) is 8.42 Å². The minimum atomic E-state index is -3.95. The molecule has 114 valence electrons. The van der Waals surface area contributed by atoms with Crippen molar-refractivity contribution in [2.24, 2.45) is 0 Å². The molecule has 2 unspecified atom stereocenters. The molecule has 0 saturated carbocycles. The second-order valence-corrected chi connectivity index (χ2v) is 7.79. The van der Waals surface area contributed by atoms with E-state index in [0.29, 0.717) is 4.88 Å². The van der Waals surface area contributed by atoms with Gasteiger partial charge in [-0.1, -0.05) is 23.2 Å². The van der Waals surface area contributed by atoms with E-state index in [1.165, 1.54) is 0 Å². The Balaban J connectivity index is 2.31. The Morgan fingerprint density at radius 3 is 2.55 bits per heavy atom. The van der Waals surface area contributed by atoms with E-state index in [1.54, 1.807) is 13.8 Å². The van der Waals surface area contributed by atoms with Crippen LogP contribution < -0.4 is 4.72 Å². The average Bonchev–Trinajstić information content (AvgIpc) is 2.77. The van der Waals surface area contributed by atoms with Gasteiger partial charge in [-0.05, 0) is 13.8 Å². The molecule has 1 N–H and O–H groups in total. The van der Waals surface area contributed by atoms with Crippen LogP contribution in [0.1, 0.15) is 24.8 Å². The molecule has 2 atom stereocenters. The predicted molar refractivity (Wildman–Crippen MR) is 74.0 cm³/mol. The van der Waals surface area contributed by atoms with Gasteiger partial charge in [-0.3, -0.25) is 4.18 Å². The number of nitrogens with zero attached hydrogens (tertiary/aromatic N) is 1. The van der Waals surface area contributed by atoms with Gasteiger partial charge in [-0.15, -0.1) is 11.3 Å². The first-order chi connectivity index (χ1) is 9.13. The van der Waals surface area contributed by atoms with Crippen molar-refractivity contribution < 1.29 is 22.1 Å². The van der Waals surface area contributed by atoms with E-state index in [1.807, 2.05) is 0 Å². The van der Waals surface area contributed by atoms with Crippen molar-refractivity contribution in [2.75, 3.05) is 7.11 Å². The molecular weight excluding hydrogens is 351 g/mol. The summed E-state index contributed by atoms with van der Waals surface area (Å²) < 4.78 is 40.9. The second-order valence-electron chi connectivity index (χ2n) is 4.34. The third-order valence-corrected chi connectivity index (χ3v) is 5.00. The number of halogens is 2. The highest BCUT2D eigenvalue weighted by molar-refractivity contribution is 7.84. The van der Waals surface area contributed by atoms with Crippen LogP contribution >= 0.6 is 34.5 Å². The maximum Gasteiger partial charge on any atom is 0.337 e. The standard InChI is InChI=1S/C9H12Cl2N2O5S2/c1-9(2)17-4(5-6(10)12-8(11)19-5)7(18-9)13-20(14,15)16-3/h4,7,13H,1-3H3. The lowest BCUT2D eigenvalue weighted by Gasteiger charge is -2.16. The quantitative estimate of drug-likeness (QED) is 0.882. The molecule has 0 aromatic carbocycles. The van der Waals surface area contributed by atoms with Crippen LogP contribution in [0.2, 0.25) is 9.62 Å². The molecule has 2 rings (SSSR count). The summed E-state index contributed by atoms with van der Waals surface area (Å²) in [5.41, 5.74) is 0. The van der Waals surface area contributed by atoms with Gasteiger partial charge in [0.2, 0.25) is 0 Å². The lowest BCUT2D eigenvalue weighted by Crippen LogP contribution is -2.39. The molecule has 1 aliphatic rings. The van der Waals surface area contributed by atoms with Gasteiger partial charge in [-0.2, -0.15) is 13.1 Å². The van der Waals surface area contributed by atoms with Gasteiger partial charge in [0, 0.05) is 0 Å². The lowest BCUT2D eigenvalue weighted by molar-refractivity contribution is -0.147. The van der Waals surface area contributed by atoms with Crippen molar-refractivity contribution >= 4 is 44.8 Å². The van der Waals surface area contributed by atoms with E-state index >= 15 is 0 Å².